The summed E-state index contributed by atoms with van der Waals surface area (Å²) in [6.07, 6.45) is 7.20. The third kappa shape index (κ3) is 3.16. The van der Waals surface area contributed by atoms with E-state index < -0.39 is 0 Å². The molecule has 0 N–H and O–H groups in total. The highest BCUT2D eigenvalue weighted by Gasteiger charge is 2.07. The molecule has 0 aliphatic carbocycles. The van der Waals surface area contributed by atoms with Crippen LogP contribution < -0.4 is 4.74 Å². The first-order valence-electron chi connectivity index (χ1n) is 7.89. The summed E-state index contributed by atoms with van der Waals surface area (Å²) in [4.78, 5) is 4.70. The first-order chi connectivity index (χ1) is 11.7. The minimum absolute atomic E-state index is 0.239. The molecule has 0 atom stereocenters. The molecule has 24 heavy (non-hydrogen) atoms. The fourth-order valence-electron chi connectivity index (χ4n) is 2.66. The van der Waals surface area contributed by atoms with Gasteiger partial charge in [0.05, 0.1) is 5.69 Å². The summed E-state index contributed by atoms with van der Waals surface area (Å²) >= 11 is 0. The lowest BCUT2D eigenvalue weighted by Gasteiger charge is -2.10. The molecule has 118 valence electrons. The van der Waals surface area contributed by atoms with Gasteiger partial charge >= 0.3 is 0 Å². The SMILES string of the molecule is C#CCOc1ccc2ccccc2c1C=Nc1cccc(C)c1C. The number of terminal acetylenes is 1. The number of fused-ring (bicyclic) bond motifs is 1. The molecule has 0 radical (unpaired) electrons. The Morgan fingerprint density at radius 3 is 2.71 bits per heavy atom. The molecule has 0 saturated carbocycles. The second-order valence-corrected chi connectivity index (χ2v) is 5.67. The van der Waals surface area contributed by atoms with E-state index in [4.69, 9.17) is 16.2 Å². The highest BCUT2D eigenvalue weighted by atomic mass is 16.5. The molecule has 3 aromatic rings. The summed E-state index contributed by atoms with van der Waals surface area (Å²) in [6.45, 7) is 4.41. The normalized spacial score (nSPS) is 10.9. The lowest BCUT2D eigenvalue weighted by atomic mass is 10.0. The number of hydrogen-bond acceptors (Lipinski definition) is 2. The Morgan fingerprint density at radius 1 is 1.04 bits per heavy atom. The average Bonchev–Trinajstić information content (AvgIpc) is 2.61. The molecule has 0 aromatic heterocycles. The van der Waals surface area contributed by atoms with E-state index in [1.165, 1.54) is 11.1 Å². The summed E-state index contributed by atoms with van der Waals surface area (Å²) < 4.78 is 5.71. The highest BCUT2D eigenvalue weighted by Crippen LogP contribution is 2.28. The Labute approximate surface area is 142 Å². The lowest BCUT2D eigenvalue weighted by molar-refractivity contribution is 0.370. The van der Waals surface area contributed by atoms with E-state index in [9.17, 15) is 0 Å². The Balaban J connectivity index is 2.11. The van der Waals surface area contributed by atoms with E-state index in [1.807, 2.05) is 42.6 Å². The van der Waals surface area contributed by atoms with Crippen molar-refractivity contribution in [3.8, 4) is 18.1 Å². The Hall–Kier alpha value is -3.05. The van der Waals surface area contributed by atoms with Crippen molar-refractivity contribution < 1.29 is 4.74 Å². The lowest BCUT2D eigenvalue weighted by Crippen LogP contribution is -1.98. The van der Waals surface area contributed by atoms with Crippen molar-refractivity contribution in [3.05, 3.63) is 71.3 Å². The average molecular weight is 313 g/mol. The number of aryl methyl sites for hydroxylation is 1. The van der Waals surface area contributed by atoms with Crippen LogP contribution in [0.2, 0.25) is 0 Å². The van der Waals surface area contributed by atoms with Crippen molar-refractivity contribution in [2.24, 2.45) is 4.99 Å². The zero-order valence-electron chi connectivity index (χ0n) is 13.9. The largest absolute Gasteiger partial charge is 0.480 e. The van der Waals surface area contributed by atoms with Crippen LogP contribution in [0.3, 0.4) is 0 Å². The predicted octanol–water partition coefficient (Wildman–Crippen LogP) is 5.22. The maximum atomic E-state index is 5.71. The van der Waals surface area contributed by atoms with Gasteiger partial charge in [-0.3, -0.25) is 4.99 Å². The van der Waals surface area contributed by atoms with Crippen LogP contribution in [0.4, 0.5) is 5.69 Å². The molecular weight excluding hydrogens is 294 g/mol. The van der Waals surface area contributed by atoms with Gasteiger partial charge in [0.25, 0.3) is 0 Å². The molecule has 3 rings (SSSR count). The van der Waals surface area contributed by atoms with Crippen molar-refractivity contribution in [1.82, 2.24) is 0 Å². The highest BCUT2D eigenvalue weighted by molar-refractivity contribution is 6.03. The Morgan fingerprint density at radius 2 is 1.88 bits per heavy atom. The predicted molar refractivity (Wildman–Crippen MR) is 101 cm³/mol. The van der Waals surface area contributed by atoms with Crippen LogP contribution in [0.25, 0.3) is 10.8 Å². The number of benzene rings is 3. The standard InChI is InChI=1S/C22H19NO/c1-4-14-24-22-13-12-18-9-5-6-10-19(18)20(22)15-23-21-11-7-8-16(2)17(21)3/h1,5-13,15H,14H2,2-3H3. The zero-order chi connectivity index (χ0) is 16.9. The number of rotatable bonds is 4. The van der Waals surface area contributed by atoms with E-state index in [2.05, 4.69) is 38.0 Å². The van der Waals surface area contributed by atoms with Gasteiger partial charge in [-0.25, -0.2) is 0 Å². The van der Waals surface area contributed by atoms with Crippen LogP contribution in [0.15, 0.2) is 59.6 Å². The summed E-state index contributed by atoms with van der Waals surface area (Å²) in [5.74, 6) is 3.27. The first kappa shape index (κ1) is 15.8. The first-order valence-corrected chi connectivity index (χ1v) is 7.89. The summed E-state index contributed by atoms with van der Waals surface area (Å²) in [5.41, 5.74) is 4.32. The molecule has 0 unspecified atom stereocenters. The number of aliphatic imine (C=N–C) groups is 1. The van der Waals surface area contributed by atoms with Crippen LogP contribution in [0, 0.1) is 26.2 Å². The topological polar surface area (TPSA) is 21.6 Å². The van der Waals surface area contributed by atoms with E-state index in [1.54, 1.807) is 0 Å². The van der Waals surface area contributed by atoms with Crippen LogP contribution >= 0.6 is 0 Å². The van der Waals surface area contributed by atoms with Gasteiger partial charge in [0.1, 0.15) is 12.4 Å². The fourth-order valence-corrected chi connectivity index (χ4v) is 2.66. The Bertz CT molecular complexity index is 948. The summed E-state index contributed by atoms with van der Waals surface area (Å²) in [7, 11) is 0. The molecule has 0 amide bonds. The molecule has 0 fully saturated rings. The molecule has 0 bridgehead atoms. The van der Waals surface area contributed by atoms with Crippen molar-refractivity contribution in [2.75, 3.05) is 6.61 Å². The molecule has 0 aliphatic rings. The van der Waals surface area contributed by atoms with E-state index in [-0.39, 0.29) is 6.61 Å². The van der Waals surface area contributed by atoms with Crippen molar-refractivity contribution in [3.63, 3.8) is 0 Å². The van der Waals surface area contributed by atoms with Gasteiger partial charge in [-0.05, 0) is 47.9 Å². The van der Waals surface area contributed by atoms with Crippen molar-refractivity contribution >= 4 is 22.7 Å². The van der Waals surface area contributed by atoms with Gasteiger partial charge in [0.2, 0.25) is 0 Å². The summed E-state index contributed by atoms with van der Waals surface area (Å²) in [6, 6.07) is 18.3. The quantitative estimate of drug-likeness (QED) is 0.478. The minimum Gasteiger partial charge on any atom is -0.480 e. The molecule has 0 heterocycles. The molecular formula is C22H19NO. The third-order valence-corrected chi connectivity index (χ3v) is 4.15. The van der Waals surface area contributed by atoms with E-state index >= 15 is 0 Å². The van der Waals surface area contributed by atoms with Crippen molar-refractivity contribution in [1.29, 1.82) is 0 Å². The maximum Gasteiger partial charge on any atom is 0.148 e. The maximum absolute atomic E-state index is 5.71. The van der Waals surface area contributed by atoms with Crippen LogP contribution in [0.5, 0.6) is 5.75 Å². The number of nitrogens with zero attached hydrogens (tertiary/aromatic N) is 1. The van der Waals surface area contributed by atoms with E-state index in [0.717, 1.165) is 27.8 Å². The van der Waals surface area contributed by atoms with Gasteiger partial charge in [0, 0.05) is 11.8 Å². The van der Waals surface area contributed by atoms with Crippen LogP contribution in [0.1, 0.15) is 16.7 Å². The van der Waals surface area contributed by atoms with Gasteiger partial charge in [-0.15, -0.1) is 6.42 Å². The van der Waals surface area contributed by atoms with Crippen LogP contribution in [-0.2, 0) is 0 Å². The molecule has 0 spiro atoms. The molecule has 2 heteroatoms. The molecule has 0 aliphatic heterocycles. The number of ether oxygens (including phenoxy) is 1. The third-order valence-electron chi connectivity index (χ3n) is 4.15. The van der Waals surface area contributed by atoms with Gasteiger partial charge in [0.15, 0.2) is 0 Å². The molecule has 0 saturated heterocycles. The zero-order valence-corrected chi connectivity index (χ0v) is 13.9. The smallest absolute Gasteiger partial charge is 0.148 e. The second-order valence-electron chi connectivity index (χ2n) is 5.67. The van der Waals surface area contributed by atoms with Crippen LogP contribution in [-0.4, -0.2) is 12.8 Å². The van der Waals surface area contributed by atoms with Gasteiger partial charge < -0.3 is 4.74 Å². The van der Waals surface area contributed by atoms with Gasteiger partial charge in [-0.2, -0.15) is 0 Å². The second kappa shape index (κ2) is 7.02. The number of hydrogen-bond donors (Lipinski definition) is 0. The monoisotopic (exact) mass is 313 g/mol. The van der Waals surface area contributed by atoms with Crippen molar-refractivity contribution in [2.45, 2.75) is 13.8 Å². The van der Waals surface area contributed by atoms with E-state index in [0.29, 0.717) is 0 Å². The van der Waals surface area contributed by atoms with Gasteiger partial charge in [-0.1, -0.05) is 48.4 Å². The Kier molecular flexibility index (Phi) is 4.63. The minimum atomic E-state index is 0.239. The molecule has 3 aromatic carbocycles. The fraction of sp³-hybridized carbons (Fsp3) is 0.136. The molecule has 2 nitrogen and oxygen atoms in total. The summed E-state index contributed by atoms with van der Waals surface area (Å²) in [5, 5.41) is 2.24.